The van der Waals surface area contributed by atoms with E-state index >= 15 is 0 Å². The van der Waals surface area contributed by atoms with Crippen LogP contribution in [0.15, 0.2) is 22.8 Å². The largest absolute Gasteiger partial charge is 0.481 e. The number of rotatable bonds is 4. The van der Waals surface area contributed by atoms with Crippen molar-refractivity contribution in [2.75, 3.05) is 20.1 Å². The maximum Gasteiger partial charge on any atom is 0.320 e. The third kappa shape index (κ3) is 3.76. The summed E-state index contributed by atoms with van der Waals surface area (Å²) in [5, 5.41) is 8.77. The molecule has 1 fully saturated rings. The van der Waals surface area contributed by atoms with Crippen molar-refractivity contribution in [2.45, 2.75) is 25.8 Å². The van der Waals surface area contributed by atoms with E-state index in [1.807, 2.05) is 6.07 Å². The molecule has 1 aliphatic heterocycles. The molecule has 2 amide bonds. The molecule has 2 heterocycles. The van der Waals surface area contributed by atoms with Gasteiger partial charge in [0.2, 0.25) is 0 Å². The van der Waals surface area contributed by atoms with Crippen molar-refractivity contribution < 1.29 is 19.1 Å². The van der Waals surface area contributed by atoms with Gasteiger partial charge in [-0.25, -0.2) is 4.79 Å². The van der Waals surface area contributed by atoms with Gasteiger partial charge in [-0.2, -0.15) is 0 Å². The standard InChI is InChI=1S/C14H20N2O4/c1-15(10-12-3-2-8-20-12)14(19)16-6-4-11(5-7-16)9-13(17)18/h2-3,8,11H,4-7,9-10H2,1H3,(H,17,18). The molecular formula is C14H20N2O4. The van der Waals surface area contributed by atoms with Crippen LogP contribution in [0.2, 0.25) is 0 Å². The second kappa shape index (κ2) is 6.45. The molecule has 6 heteroatoms. The normalized spacial score (nSPS) is 16.1. The van der Waals surface area contributed by atoms with Crippen molar-refractivity contribution >= 4 is 12.0 Å². The van der Waals surface area contributed by atoms with E-state index in [-0.39, 0.29) is 18.4 Å². The van der Waals surface area contributed by atoms with E-state index in [1.165, 1.54) is 0 Å². The highest BCUT2D eigenvalue weighted by molar-refractivity contribution is 5.74. The predicted molar refractivity (Wildman–Crippen MR) is 72.1 cm³/mol. The molecule has 1 aromatic heterocycles. The lowest BCUT2D eigenvalue weighted by molar-refractivity contribution is -0.138. The Morgan fingerprint density at radius 2 is 2.15 bits per heavy atom. The van der Waals surface area contributed by atoms with Gasteiger partial charge in [0.25, 0.3) is 0 Å². The van der Waals surface area contributed by atoms with Crippen LogP contribution in [-0.4, -0.2) is 47.0 Å². The number of amides is 2. The van der Waals surface area contributed by atoms with Gasteiger partial charge in [0, 0.05) is 26.6 Å². The zero-order chi connectivity index (χ0) is 14.5. The molecule has 0 saturated carbocycles. The van der Waals surface area contributed by atoms with Crippen molar-refractivity contribution in [3.63, 3.8) is 0 Å². The fourth-order valence-corrected chi connectivity index (χ4v) is 2.52. The van der Waals surface area contributed by atoms with Gasteiger partial charge in [-0.1, -0.05) is 0 Å². The van der Waals surface area contributed by atoms with E-state index in [4.69, 9.17) is 9.52 Å². The van der Waals surface area contributed by atoms with Gasteiger partial charge in [-0.3, -0.25) is 4.79 Å². The SMILES string of the molecule is CN(Cc1ccco1)C(=O)N1CCC(CC(=O)O)CC1. The van der Waals surface area contributed by atoms with Crippen LogP contribution in [0.1, 0.15) is 25.0 Å². The number of nitrogens with zero attached hydrogens (tertiary/aromatic N) is 2. The number of carbonyl (C=O) groups is 2. The number of hydrogen-bond donors (Lipinski definition) is 1. The van der Waals surface area contributed by atoms with E-state index in [0.29, 0.717) is 19.6 Å². The Balaban J connectivity index is 1.80. The molecular weight excluding hydrogens is 260 g/mol. The van der Waals surface area contributed by atoms with Crippen molar-refractivity contribution in [1.82, 2.24) is 9.80 Å². The predicted octanol–water partition coefficient (Wildman–Crippen LogP) is 2.02. The van der Waals surface area contributed by atoms with Crippen LogP contribution in [0.25, 0.3) is 0 Å². The number of urea groups is 1. The number of carboxylic acid groups (broad SMARTS) is 1. The Morgan fingerprint density at radius 3 is 2.70 bits per heavy atom. The molecule has 2 rings (SSSR count). The number of carboxylic acids is 1. The van der Waals surface area contributed by atoms with Crippen LogP contribution < -0.4 is 0 Å². The van der Waals surface area contributed by atoms with Gasteiger partial charge in [-0.15, -0.1) is 0 Å². The second-order valence-corrected chi connectivity index (χ2v) is 5.25. The van der Waals surface area contributed by atoms with Gasteiger partial charge < -0.3 is 19.3 Å². The van der Waals surface area contributed by atoms with Crippen molar-refractivity contribution in [1.29, 1.82) is 0 Å². The summed E-state index contributed by atoms with van der Waals surface area (Å²) in [5.74, 6) is 0.179. The summed E-state index contributed by atoms with van der Waals surface area (Å²) in [5.41, 5.74) is 0. The fourth-order valence-electron chi connectivity index (χ4n) is 2.52. The first-order chi connectivity index (χ1) is 9.56. The zero-order valence-corrected chi connectivity index (χ0v) is 11.6. The lowest BCUT2D eigenvalue weighted by Gasteiger charge is -2.34. The van der Waals surface area contributed by atoms with E-state index in [2.05, 4.69) is 0 Å². The van der Waals surface area contributed by atoms with Crippen molar-refractivity contribution in [2.24, 2.45) is 5.92 Å². The summed E-state index contributed by atoms with van der Waals surface area (Å²) < 4.78 is 5.22. The summed E-state index contributed by atoms with van der Waals surface area (Å²) >= 11 is 0. The van der Waals surface area contributed by atoms with Crippen LogP contribution in [0.4, 0.5) is 4.79 Å². The summed E-state index contributed by atoms with van der Waals surface area (Å²) in [4.78, 5) is 26.3. The molecule has 0 unspecified atom stereocenters. The molecule has 110 valence electrons. The molecule has 0 spiro atoms. The highest BCUT2D eigenvalue weighted by atomic mass is 16.4. The molecule has 0 bridgehead atoms. The quantitative estimate of drug-likeness (QED) is 0.915. The molecule has 20 heavy (non-hydrogen) atoms. The molecule has 1 aromatic rings. The highest BCUT2D eigenvalue weighted by Gasteiger charge is 2.26. The van der Waals surface area contributed by atoms with Crippen LogP contribution in [0.5, 0.6) is 0 Å². The van der Waals surface area contributed by atoms with Gasteiger partial charge in [0.1, 0.15) is 5.76 Å². The van der Waals surface area contributed by atoms with Crippen molar-refractivity contribution in [3.8, 4) is 0 Å². The van der Waals surface area contributed by atoms with E-state index < -0.39 is 5.97 Å². The monoisotopic (exact) mass is 280 g/mol. The minimum Gasteiger partial charge on any atom is -0.481 e. The third-order valence-electron chi connectivity index (χ3n) is 3.65. The number of aliphatic carboxylic acids is 1. The maximum absolute atomic E-state index is 12.2. The Bertz CT molecular complexity index is 450. The van der Waals surface area contributed by atoms with Crippen LogP contribution >= 0.6 is 0 Å². The summed E-state index contributed by atoms with van der Waals surface area (Å²) in [6, 6.07) is 3.60. The zero-order valence-electron chi connectivity index (χ0n) is 11.6. The smallest absolute Gasteiger partial charge is 0.320 e. The first-order valence-corrected chi connectivity index (χ1v) is 6.80. The Morgan fingerprint density at radius 1 is 1.45 bits per heavy atom. The number of piperidine rings is 1. The molecule has 0 atom stereocenters. The summed E-state index contributed by atoms with van der Waals surface area (Å²) in [6.07, 6.45) is 3.30. The van der Waals surface area contributed by atoms with Gasteiger partial charge >= 0.3 is 12.0 Å². The van der Waals surface area contributed by atoms with Crippen molar-refractivity contribution in [3.05, 3.63) is 24.2 Å². The van der Waals surface area contributed by atoms with Crippen LogP contribution in [0, 0.1) is 5.92 Å². The Hall–Kier alpha value is -1.98. The van der Waals surface area contributed by atoms with Gasteiger partial charge in [0.05, 0.1) is 12.8 Å². The Kier molecular flexibility index (Phi) is 4.65. The van der Waals surface area contributed by atoms with Gasteiger partial charge in [-0.05, 0) is 30.9 Å². The second-order valence-electron chi connectivity index (χ2n) is 5.25. The molecule has 0 aliphatic carbocycles. The van der Waals surface area contributed by atoms with Gasteiger partial charge in [0.15, 0.2) is 0 Å². The molecule has 6 nitrogen and oxygen atoms in total. The molecule has 0 aromatic carbocycles. The summed E-state index contributed by atoms with van der Waals surface area (Å²) in [7, 11) is 1.74. The lowest BCUT2D eigenvalue weighted by atomic mass is 9.94. The van der Waals surface area contributed by atoms with E-state index in [0.717, 1.165) is 18.6 Å². The fraction of sp³-hybridized carbons (Fsp3) is 0.571. The number of likely N-dealkylation sites (tertiary alicyclic amines) is 1. The van der Waals surface area contributed by atoms with Crippen LogP contribution in [-0.2, 0) is 11.3 Å². The number of hydrogen-bond acceptors (Lipinski definition) is 3. The number of furan rings is 1. The first-order valence-electron chi connectivity index (χ1n) is 6.80. The maximum atomic E-state index is 12.2. The Labute approximate surface area is 118 Å². The van der Waals surface area contributed by atoms with Crippen LogP contribution in [0.3, 0.4) is 0 Å². The van der Waals surface area contributed by atoms with E-state index in [9.17, 15) is 9.59 Å². The minimum absolute atomic E-state index is 0.0322. The highest BCUT2D eigenvalue weighted by Crippen LogP contribution is 2.21. The number of carbonyl (C=O) groups excluding carboxylic acids is 1. The summed E-state index contributed by atoms with van der Waals surface area (Å²) in [6.45, 7) is 1.69. The van der Waals surface area contributed by atoms with E-state index in [1.54, 1.807) is 29.2 Å². The average Bonchev–Trinajstić information content (AvgIpc) is 2.91. The average molecular weight is 280 g/mol. The topological polar surface area (TPSA) is 74.0 Å². The first kappa shape index (κ1) is 14.4. The third-order valence-corrected chi connectivity index (χ3v) is 3.65. The molecule has 1 saturated heterocycles. The molecule has 1 N–H and O–H groups in total. The molecule has 0 radical (unpaired) electrons. The lowest BCUT2D eigenvalue weighted by Crippen LogP contribution is -2.45. The molecule has 1 aliphatic rings. The minimum atomic E-state index is -0.760.